The van der Waals surface area contributed by atoms with E-state index in [1.165, 1.54) is 13.2 Å². The zero-order chi connectivity index (χ0) is 16.1. The monoisotopic (exact) mass is 311 g/mol. The predicted molar refractivity (Wildman–Crippen MR) is 77.5 cm³/mol. The zero-order valence-electron chi connectivity index (χ0n) is 11.8. The summed E-state index contributed by atoms with van der Waals surface area (Å²) in [5, 5.41) is 5.22. The van der Waals surface area contributed by atoms with E-state index in [1.807, 2.05) is 0 Å². The van der Waals surface area contributed by atoms with Crippen LogP contribution < -0.4 is 10.6 Å². The van der Waals surface area contributed by atoms with Crippen LogP contribution in [0.1, 0.15) is 10.4 Å². The summed E-state index contributed by atoms with van der Waals surface area (Å²) < 4.78 is 29.5. The molecular weight excluding hydrogens is 296 g/mol. The number of hydrogen-bond acceptors (Lipinski definition) is 3. The van der Waals surface area contributed by atoms with Gasteiger partial charge in [-0.2, -0.15) is 0 Å². The van der Waals surface area contributed by atoms with Crippen LogP contribution in [0, 0.1) is 0 Å². The molecular formula is C14H15F2N3O3. The second kappa shape index (κ2) is 6.88. The van der Waals surface area contributed by atoms with Gasteiger partial charge in [0.15, 0.2) is 0 Å². The van der Waals surface area contributed by atoms with E-state index in [-0.39, 0.29) is 5.56 Å². The summed E-state index contributed by atoms with van der Waals surface area (Å²) in [4.78, 5) is 26.4. The minimum Gasteiger partial charge on any atom is -0.465 e. The van der Waals surface area contributed by atoms with Crippen molar-refractivity contribution in [1.82, 2.24) is 10.3 Å². The maximum absolute atomic E-state index is 12.4. The van der Waals surface area contributed by atoms with Crippen molar-refractivity contribution in [2.75, 3.05) is 25.8 Å². The van der Waals surface area contributed by atoms with E-state index >= 15 is 0 Å². The number of methoxy groups -OCH3 is 1. The maximum Gasteiger partial charge on any atom is 0.338 e. The van der Waals surface area contributed by atoms with Gasteiger partial charge in [0.1, 0.15) is 13.3 Å². The minimum absolute atomic E-state index is 0.268. The number of amides is 2. The first-order valence-electron chi connectivity index (χ1n) is 6.48. The number of H-pyrrole nitrogens is 1. The molecule has 0 aliphatic rings. The summed E-state index contributed by atoms with van der Waals surface area (Å²) in [7, 11) is 1.25. The number of fused-ring (bicyclic) bond motifs is 1. The summed E-state index contributed by atoms with van der Waals surface area (Å²) >= 11 is 0. The Labute approximate surface area is 124 Å². The Hall–Kier alpha value is -2.64. The van der Waals surface area contributed by atoms with E-state index in [4.69, 9.17) is 4.74 Å². The molecule has 6 nitrogen and oxygen atoms in total. The van der Waals surface area contributed by atoms with Crippen LogP contribution >= 0.6 is 0 Å². The number of urea groups is 1. The van der Waals surface area contributed by atoms with Crippen LogP contribution in [-0.4, -0.2) is 43.5 Å². The number of hydrogen-bond donors (Lipinski definition) is 3. The molecule has 2 aromatic rings. The van der Waals surface area contributed by atoms with Crippen LogP contribution in [0.2, 0.25) is 0 Å². The molecule has 0 saturated heterocycles. The van der Waals surface area contributed by atoms with Crippen molar-refractivity contribution in [2.45, 2.75) is 6.04 Å². The summed E-state index contributed by atoms with van der Waals surface area (Å²) in [5.41, 5.74) is 1.18. The summed E-state index contributed by atoms with van der Waals surface area (Å²) in [6.07, 6.45) is 1.64. The highest BCUT2D eigenvalue weighted by molar-refractivity contribution is 6.06. The Morgan fingerprint density at radius 2 is 2.05 bits per heavy atom. The molecule has 0 unspecified atom stereocenters. The number of alkyl halides is 2. The first-order chi connectivity index (χ1) is 10.6. The van der Waals surface area contributed by atoms with Gasteiger partial charge in [-0.25, -0.2) is 18.4 Å². The van der Waals surface area contributed by atoms with Gasteiger partial charge in [0, 0.05) is 22.8 Å². The topological polar surface area (TPSA) is 83.2 Å². The van der Waals surface area contributed by atoms with Crippen molar-refractivity contribution in [2.24, 2.45) is 0 Å². The van der Waals surface area contributed by atoms with Crippen LogP contribution in [-0.2, 0) is 4.74 Å². The highest BCUT2D eigenvalue weighted by Crippen LogP contribution is 2.24. The average Bonchev–Trinajstić information content (AvgIpc) is 2.99. The largest absolute Gasteiger partial charge is 0.465 e. The summed E-state index contributed by atoms with van der Waals surface area (Å²) in [6, 6.07) is 2.77. The van der Waals surface area contributed by atoms with E-state index in [9.17, 15) is 18.4 Å². The number of esters is 1. The Bertz CT molecular complexity index is 683. The molecule has 2 amide bonds. The van der Waals surface area contributed by atoms with Crippen LogP contribution in [0.25, 0.3) is 10.9 Å². The molecule has 22 heavy (non-hydrogen) atoms. The van der Waals surface area contributed by atoms with Gasteiger partial charge in [0.05, 0.1) is 18.7 Å². The molecule has 0 saturated carbocycles. The lowest BCUT2D eigenvalue weighted by Crippen LogP contribution is -2.40. The predicted octanol–water partition coefficient (Wildman–Crippen LogP) is 2.38. The van der Waals surface area contributed by atoms with Crippen molar-refractivity contribution in [1.29, 1.82) is 0 Å². The van der Waals surface area contributed by atoms with Gasteiger partial charge >= 0.3 is 12.0 Å². The molecule has 0 fully saturated rings. The molecule has 0 radical (unpaired) electrons. The van der Waals surface area contributed by atoms with Crippen molar-refractivity contribution >= 4 is 28.6 Å². The number of nitrogens with one attached hydrogen (secondary N) is 3. The molecule has 1 aromatic heterocycles. The lowest BCUT2D eigenvalue weighted by molar-refractivity contribution is 0.0603. The van der Waals surface area contributed by atoms with Crippen LogP contribution in [0.3, 0.4) is 0 Å². The van der Waals surface area contributed by atoms with Crippen LogP contribution in [0.15, 0.2) is 24.4 Å². The molecule has 0 bridgehead atoms. The third-order valence-corrected chi connectivity index (χ3v) is 3.04. The average molecular weight is 311 g/mol. The van der Waals surface area contributed by atoms with Crippen molar-refractivity contribution in [3.8, 4) is 0 Å². The summed E-state index contributed by atoms with van der Waals surface area (Å²) in [6.45, 7) is -2.01. The first-order valence-corrected chi connectivity index (χ1v) is 6.48. The number of rotatable bonds is 5. The van der Waals surface area contributed by atoms with E-state index < -0.39 is 31.4 Å². The third-order valence-electron chi connectivity index (χ3n) is 3.04. The second-order valence-electron chi connectivity index (χ2n) is 4.56. The highest BCUT2D eigenvalue weighted by Gasteiger charge is 2.15. The lowest BCUT2D eigenvalue weighted by atomic mass is 10.1. The molecule has 3 N–H and O–H groups in total. The number of halogens is 2. The Kier molecular flexibility index (Phi) is 4.92. The van der Waals surface area contributed by atoms with Gasteiger partial charge in [0.2, 0.25) is 0 Å². The van der Waals surface area contributed by atoms with Gasteiger partial charge in [-0.05, 0) is 18.2 Å². The van der Waals surface area contributed by atoms with E-state index in [2.05, 4.69) is 15.6 Å². The van der Waals surface area contributed by atoms with Crippen molar-refractivity contribution in [3.63, 3.8) is 0 Å². The molecule has 1 heterocycles. The SMILES string of the molecule is COC(=O)c1cc(NC(=O)NC(CF)CF)cc2[nH]ccc12. The number of ether oxygens (including phenoxy) is 1. The maximum atomic E-state index is 12.4. The Morgan fingerprint density at radius 1 is 1.32 bits per heavy atom. The minimum atomic E-state index is -1.20. The molecule has 0 atom stereocenters. The van der Waals surface area contributed by atoms with Gasteiger partial charge < -0.3 is 20.4 Å². The lowest BCUT2D eigenvalue weighted by Gasteiger charge is -2.13. The molecule has 8 heteroatoms. The Balaban J connectivity index is 2.24. The first kappa shape index (κ1) is 15.7. The van der Waals surface area contributed by atoms with Gasteiger partial charge in [-0.1, -0.05) is 0 Å². The molecule has 2 rings (SSSR count). The number of aromatic amines is 1. The highest BCUT2D eigenvalue weighted by atomic mass is 19.1. The molecule has 0 spiro atoms. The van der Waals surface area contributed by atoms with E-state index in [0.29, 0.717) is 16.6 Å². The fraction of sp³-hybridized carbons (Fsp3) is 0.286. The number of carbonyl (C=O) groups excluding carboxylic acids is 2. The molecule has 1 aromatic carbocycles. The standard InChI is InChI=1S/C14H15F2N3O3/c1-22-13(20)11-4-8(5-12-10(11)2-3-17-12)18-14(21)19-9(6-15)7-16/h2-5,9,17H,6-7H2,1H3,(H2,18,19,21). The fourth-order valence-electron chi connectivity index (χ4n) is 1.99. The summed E-state index contributed by atoms with van der Waals surface area (Å²) in [5.74, 6) is -0.556. The molecule has 118 valence electrons. The van der Waals surface area contributed by atoms with Crippen molar-refractivity contribution < 1.29 is 23.1 Å². The van der Waals surface area contributed by atoms with E-state index in [1.54, 1.807) is 18.3 Å². The van der Waals surface area contributed by atoms with E-state index in [0.717, 1.165) is 0 Å². The van der Waals surface area contributed by atoms with Gasteiger partial charge in [-0.15, -0.1) is 0 Å². The Morgan fingerprint density at radius 3 is 2.68 bits per heavy atom. The van der Waals surface area contributed by atoms with Crippen molar-refractivity contribution in [3.05, 3.63) is 30.0 Å². The normalized spacial score (nSPS) is 10.7. The van der Waals surface area contributed by atoms with Crippen LogP contribution in [0.4, 0.5) is 19.3 Å². The quantitative estimate of drug-likeness (QED) is 0.741. The molecule has 0 aliphatic carbocycles. The zero-order valence-corrected chi connectivity index (χ0v) is 11.8. The fourth-order valence-corrected chi connectivity index (χ4v) is 1.99. The number of carbonyl (C=O) groups is 2. The number of benzene rings is 1. The second-order valence-corrected chi connectivity index (χ2v) is 4.56. The van der Waals surface area contributed by atoms with Gasteiger partial charge in [-0.3, -0.25) is 0 Å². The number of aromatic nitrogens is 1. The van der Waals surface area contributed by atoms with Gasteiger partial charge in [0.25, 0.3) is 0 Å². The molecule has 0 aliphatic heterocycles. The van der Waals surface area contributed by atoms with Crippen LogP contribution in [0.5, 0.6) is 0 Å². The third kappa shape index (κ3) is 3.33. The smallest absolute Gasteiger partial charge is 0.338 e. The number of anilines is 1.